The minimum Gasteiger partial charge on any atom is -0.289 e. The summed E-state index contributed by atoms with van der Waals surface area (Å²) in [6, 6.07) is 13.0. The first-order valence-electron chi connectivity index (χ1n) is 6.46. The molecule has 0 aliphatic heterocycles. The van der Waals surface area contributed by atoms with E-state index in [-0.39, 0.29) is 15.6 Å². The molecule has 2 aromatic carbocycles. The van der Waals surface area contributed by atoms with Gasteiger partial charge >= 0.3 is 20.6 Å². The van der Waals surface area contributed by atoms with Crippen molar-refractivity contribution >= 4 is 42.2 Å². The summed E-state index contributed by atoms with van der Waals surface area (Å²) in [6.07, 6.45) is 0. The highest BCUT2D eigenvalue weighted by Crippen LogP contribution is 2.26. The number of halogens is 3. The van der Waals surface area contributed by atoms with Crippen LogP contribution in [0.3, 0.4) is 0 Å². The van der Waals surface area contributed by atoms with Crippen LogP contribution in [0.1, 0.15) is 15.9 Å². The number of hydrogen-bond donors (Lipinski definition) is 0. The van der Waals surface area contributed by atoms with E-state index in [1.165, 1.54) is 12.1 Å². The van der Waals surface area contributed by atoms with Gasteiger partial charge in [-0.05, 0) is 12.1 Å². The Hall–Kier alpha value is -2.13. The zero-order valence-electron chi connectivity index (χ0n) is 11.9. The number of anilines is 1. The van der Waals surface area contributed by atoms with Gasteiger partial charge in [-0.25, -0.2) is 0 Å². The molecule has 0 unspecified atom stereocenters. The molecule has 0 aliphatic carbocycles. The van der Waals surface area contributed by atoms with Crippen molar-refractivity contribution in [1.29, 1.82) is 0 Å². The van der Waals surface area contributed by atoms with Crippen LogP contribution in [0.5, 0.6) is 0 Å². The fraction of sp³-hybridized carbons (Fsp3) is 0.0667. The standard InChI is InChI=1S/C15H10BrF2NO4S/c16-14(21)19(24(22,23)15(17)18)12-8-4-7-11(9-12)13(20)10-5-2-1-3-6-10/h1-9,15H. The lowest BCUT2D eigenvalue weighted by Gasteiger charge is -2.19. The summed E-state index contributed by atoms with van der Waals surface area (Å²) >= 11 is 2.38. The second-order valence-electron chi connectivity index (χ2n) is 4.57. The van der Waals surface area contributed by atoms with E-state index in [9.17, 15) is 26.8 Å². The number of carbonyl (C=O) groups excluding carboxylic acids is 2. The second kappa shape index (κ2) is 7.18. The quantitative estimate of drug-likeness (QED) is 0.421. The van der Waals surface area contributed by atoms with Gasteiger partial charge in [-0.15, -0.1) is 0 Å². The van der Waals surface area contributed by atoms with E-state index in [0.29, 0.717) is 5.56 Å². The van der Waals surface area contributed by atoms with Gasteiger partial charge in [0.15, 0.2) is 5.78 Å². The molecule has 0 bridgehead atoms. The highest BCUT2D eigenvalue weighted by molar-refractivity contribution is 9.18. The maximum atomic E-state index is 12.8. The second-order valence-corrected chi connectivity index (χ2v) is 7.00. The topological polar surface area (TPSA) is 71.5 Å². The molecule has 5 nitrogen and oxygen atoms in total. The minimum absolute atomic E-state index is 0.0573. The van der Waals surface area contributed by atoms with Crippen LogP contribution in [-0.2, 0) is 10.0 Å². The van der Waals surface area contributed by atoms with Gasteiger partial charge in [0.1, 0.15) is 0 Å². The van der Waals surface area contributed by atoms with Crippen molar-refractivity contribution in [2.45, 2.75) is 5.76 Å². The van der Waals surface area contributed by atoms with E-state index in [4.69, 9.17) is 0 Å². The number of hydrogen-bond acceptors (Lipinski definition) is 4. The number of nitrogens with zero attached hydrogens (tertiary/aromatic N) is 1. The number of benzene rings is 2. The molecule has 2 aromatic rings. The smallest absolute Gasteiger partial charge is 0.289 e. The third-order valence-electron chi connectivity index (χ3n) is 3.02. The van der Waals surface area contributed by atoms with Gasteiger partial charge in [0.2, 0.25) is 0 Å². The Bertz CT molecular complexity index is 872. The van der Waals surface area contributed by atoms with E-state index >= 15 is 0 Å². The molecule has 9 heteroatoms. The average Bonchev–Trinajstić information content (AvgIpc) is 2.54. The third kappa shape index (κ3) is 3.68. The molecule has 0 aromatic heterocycles. The average molecular weight is 418 g/mol. The van der Waals surface area contributed by atoms with Gasteiger partial charge in [-0.2, -0.15) is 21.5 Å². The van der Waals surface area contributed by atoms with Gasteiger partial charge < -0.3 is 0 Å². The molecule has 126 valence electrons. The van der Waals surface area contributed by atoms with E-state index in [2.05, 4.69) is 15.9 Å². The van der Waals surface area contributed by atoms with E-state index in [0.717, 1.165) is 12.1 Å². The van der Waals surface area contributed by atoms with Gasteiger partial charge in [-0.3, -0.25) is 9.59 Å². The Labute approximate surface area is 145 Å². The van der Waals surface area contributed by atoms with Crippen LogP contribution in [0.2, 0.25) is 0 Å². The molecule has 0 aliphatic rings. The van der Waals surface area contributed by atoms with E-state index in [1.807, 2.05) is 0 Å². The number of alkyl halides is 2. The third-order valence-corrected chi connectivity index (χ3v) is 4.94. The van der Waals surface area contributed by atoms with Crippen molar-refractivity contribution in [3.63, 3.8) is 0 Å². The summed E-state index contributed by atoms with van der Waals surface area (Å²) in [5.41, 5.74) is 0.0314. The predicted molar refractivity (Wildman–Crippen MR) is 88.0 cm³/mol. The van der Waals surface area contributed by atoms with Crippen LogP contribution in [0.15, 0.2) is 54.6 Å². The molecule has 0 fully saturated rings. The van der Waals surface area contributed by atoms with E-state index in [1.54, 1.807) is 30.3 Å². The molecule has 0 saturated heterocycles. The lowest BCUT2D eigenvalue weighted by molar-refractivity contribution is 0.103. The van der Waals surface area contributed by atoms with Gasteiger partial charge in [0.05, 0.1) is 5.69 Å². The molecule has 1 amide bonds. The molecule has 24 heavy (non-hydrogen) atoms. The predicted octanol–water partition coefficient (Wildman–Crippen LogP) is 3.79. The van der Waals surface area contributed by atoms with Crippen molar-refractivity contribution < 1.29 is 26.8 Å². The van der Waals surface area contributed by atoms with Crippen LogP contribution < -0.4 is 4.31 Å². The number of carbonyl (C=O) groups is 2. The zero-order chi connectivity index (χ0) is 17.9. The van der Waals surface area contributed by atoms with Crippen molar-refractivity contribution in [1.82, 2.24) is 0 Å². The van der Waals surface area contributed by atoms with Crippen LogP contribution in [0.25, 0.3) is 0 Å². The molecule has 0 N–H and O–H groups in total. The van der Waals surface area contributed by atoms with Gasteiger partial charge in [0.25, 0.3) is 0 Å². The van der Waals surface area contributed by atoms with Crippen molar-refractivity contribution in [3.8, 4) is 0 Å². The minimum atomic E-state index is -5.21. The normalized spacial score (nSPS) is 11.3. The number of rotatable bonds is 5. The Morgan fingerprint density at radius 3 is 2.08 bits per heavy atom. The van der Waals surface area contributed by atoms with Crippen molar-refractivity contribution in [2.75, 3.05) is 4.31 Å². The molecule has 0 saturated carbocycles. The SMILES string of the molecule is O=C(c1ccccc1)c1cccc(N(C(=O)Br)S(=O)(=O)C(F)F)c1. The summed E-state index contributed by atoms with van der Waals surface area (Å²) in [4.78, 5) is 22.6. The molecule has 0 spiro atoms. The lowest BCUT2D eigenvalue weighted by Crippen LogP contribution is -2.37. The summed E-state index contributed by atoms with van der Waals surface area (Å²) in [5, 5.41) is 0. The summed E-state index contributed by atoms with van der Waals surface area (Å²) in [7, 11) is -5.21. The molecule has 0 atom stereocenters. The van der Waals surface area contributed by atoms with Crippen LogP contribution in [-0.4, -0.2) is 24.8 Å². The molecule has 2 rings (SSSR count). The van der Waals surface area contributed by atoms with Crippen LogP contribution >= 0.6 is 15.9 Å². The number of ketones is 1. The fourth-order valence-electron chi connectivity index (χ4n) is 1.96. The molecular formula is C15H10BrF2NO4S. The lowest BCUT2D eigenvalue weighted by atomic mass is 10.0. The summed E-state index contributed by atoms with van der Waals surface area (Å²) in [5.74, 6) is -4.22. The number of amides is 1. The first-order chi connectivity index (χ1) is 11.2. The molecule has 0 heterocycles. The highest BCUT2D eigenvalue weighted by atomic mass is 79.9. The highest BCUT2D eigenvalue weighted by Gasteiger charge is 2.36. The van der Waals surface area contributed by atoms with Gasteiger partial charge in [0, 0.05) is 27.1 Å². The van der Waals surface area contributed by atoms with Crippen molar-refractivity contribution in [3.05, 3.63) is 65.7 Å². The Kier molecular flexibility index (Phi) is 5.45. The molecule has 0 radical (unpaired) electrons. The number of sulfonamides is 1. The Morgan fingerprint density at radius 2 is 1.54 bits per heavy atom. The van der Waals surface area contributed by atoms with Crippen molar-refractivity contribution in [2.24, 2.45) is 0 Å². The first-order valence-corrected chi connectivity index (χ1v) is 8.76. The molecular weight excluding hydrogens is 408 g/mol. The Balaban J connectivity index is 2.49. The van der Waals surface area contributed by atoms with Crippen LogP contribution in [0, 0.1) is 0 Å². The zero-order valence-corrected chi connectivity index (χ0v) is 14.3. The van der Waals surface area contributed by atoms with Crippen LogP contribution in [0.4, 0.5) is 19.3 Å². The maximum Gasteiger partial charge on any atom is 0.355 e. The summed E-state index contributed by atoms with van der Waals surface area (Å²) in [6.45, 7) is 0. The van der Waals surface area contributed by atoms with E-state index < -0.39 is 26.4 Å². The first kappa shape index (κ1) is 18.2. The maximum absolute atomic E-state index is 12.8. The Morgan fingerprint density at radius 1 is 0.958 bits per heavy atom. The fourth-order valence-corrected chi connectivity index (χ4v) is 3.53. The largest absolute Gasteiger partial charge is 0.355 e. The monoisotopic (exact) mass is 417 g/mol. The van der Waals surface area contributed by atoms with Gasteiger partial charge in [-0.1, -0.05) is 42.5 Å². The summed E-state index contributed by atoms with van der Waals surface area (Å²) < 4.78 is 48.8.